The van der Waals surface area contributed by atoms with Crippen LogP contribution in [0.25, 0.3) is 0 Å². The molecule has 2 aliphatic heterocycles. The monoisotopic (exact) mass is 327 g/mol. The molecule has 112 valence electrons. The minimum absolute atomic E-state index is 0.267. The Morgan fingerprint density at radius 3 is 2.57 bits per heavy atom. The lowest BCUT2D eigenvalue weighted by molar-refractivity contribution is -0.118. The van der Waals surface area contributed by atoms with E-state index in [9.17, 15) is 9.59 Å². The third-order valence-electron chi connectivity index (χ3n) is 3.81. The van der Waals surface area contributed by atoms with Gasteiger partial charge < -0.3 is 10.2 Å². The Hall–Kier alpha value is -1.30. The van der Waals surface area contributed by atoms with Crippen molar-refractivity contribution in [2.45, 2.75) is 18.9 Å². The number of urea groups is 1. The van der Waals surface area contributed by atoms with Gasteiger partial charge in [0.05, 0.1) is 10.7 Å². The largest absolute Gasteiger partial charge is 0.329 e. The zero-order valence-corrected chi connectivity index (χ0v) is 12.8. The maximum atomic E-state index is 12.5. The first-order valence-electron chi connectivity index (χ1n) is 6.88. The van der Waals surface area contributed by atoms with E-state index in [0.717, 1.165) is 30.8 Å². The number of benzene rings is 1. The Bertz CT molecular complexity index is 588. The van der Waals surface area contributed by atoms with E-state index in [4.69, 9.17) is 23.2 Å². The van der Waals surface area contributed by atoms with E-state index < -0.39 is 12.1 Å². The molecule has 3 rings (SSSR count). The fraction of sp³-hybridized carbons (Fsp3) is 0.429. The van der Waals surface area contributed by atoms with Crippen LogP contribution in [0.15, 0.2) is 18.2 Å². The zero-order valence-electron chi connectivity index (χ0n) is 11.3. The van der Waals surface area contributed by atoms with Gasteiger partial charge in [-0.25, -0.2) is 9.69 Å². The molecule has 2 saturated heterocycles. The molecule has 0 bridgehead atoms. The Kier molecular flexibility index (Phi) is 4.06. The maximum Gasteiger partial charge on any atom is 0.329 e. The fourth-order valence-corrected chi connectivity index (χ4v) is 3.26. The molecule has 1 unspecified atom stereocenters. The summed E-state index contributed by atoms with van der Waals surface area (Å²) in [6, 6.07) is 3.76. The lowest BCUT2D eigenvalue weighted by atomic mass is 10.2. The molecule has 0 saturated carbocycles. The highest BCUT2D eigenvalue weighted by atomic mass is 35.5. The number of likely N-dealkylation sites (tertiary alicyclic amines) is 1. The van der Waals surface area contributed by atoms with Gasteiger partial charge in [-0.05, 0) is 44.1 Å². The van der Waals surface area contributed by atoms with Crippen LogP contribution in [0.5, 0.6) is 0 Å². The zero-order chi connectivity index (χ0) is 15.0. The Morgan fingerprint density at radius 2 is 1.90 bits per heavy atom. The number of amides is 3. The van der Waals surface area contributed by atoms with Crippen molar-refractivity contribution in [3.63, 3.8) is 0 Å². The van der Waals surface area contributed by atoms with Crippen LogP contribution >= 0.6 is 23.2 Å². The van der Waals surface area contributed by atoms with Crippen LogP contribution in [0, 0.1) is 0 Å². The normalized spacial score (nSPS) is 23.0. The van der Waals surface area contributed by atoms with Gasteiger partial charge in [-0.3, -0.25) is 4.79 Å². The third kappa shape index (κ3) is 2.86. The molecule has 0 spiro atoms. The standard InChI is InChI=1S/C14H15Cl2N3O2/c15-9-3-4-12(10(16)7-9)19-13(20)11(17-14(19)21)8-18-5-1-2-6-18/h3-4,7,11H,1-2,5-6,8H2,(H,17,21). The van der Waals surface area contributed by atoms with Gasteiger partial charge in [0.2, 0.25) is 0 Å². The van der Waals surface area contributed by atoms with Crippen LogP contribution in [0.3, 0.4) is 0 Å². The van der Waals surface area contributed by atoms with Crippen LogP contribution in [-0.2, 0) is 4.79 Å². The summed E-state index contributed by atoms with van der Waals surface area (Å²) in [5.74, 6) is -0.267. The third-order valence-corrected chi connectivity index (χ3v) is 4.35. The number of imide groups is 1. The summed E-state index contributed by atoms with van der Waals surface area (Å²) in [7, 11) is 0. The molecule has 0 radical (unpaired) electrons. The van der Waals surface area contributed by atoms with Gasteiger partial charge in [0, 0.05) is 11.6 Å². The fourth-order valence-electron chi connectivity index (χ4n) is 2.77. The summed E-state index contributed by atoms with van der Waals surface area (Å²) in [5, 5.41) is 3.47. The van der Waals surface area contributed by atoms with Gasteiger partial charge in [0.25, 0.3) is 5.91 Å². The van der Waals surface area contributed by atoms with Crippen molar-refractivity contribution in [2.75, 3.05) is 24.5 Å². The molecule has 7 heteroatoms. The van der Waals surface area contributed by atoms with E-state index in [1.165, 1.54) is 6.07 Å². The quantitative estimate of drug-likeness (QED) is 0.868. The number of carbonyl (C=O) groups is 2. The van der Waals surface area contributed by atoms with E-state index in [0.29, 0.717) is 17.3 Å². The Labute approximate surface area is 132 Å². The maximum absolute atomic E-state index is 12.5. The SMILES string of the molecule is O=C1NC(CN2CCCC2)C(=O)N1c1ccc(Cl)cc1Cl. The van der Waals surface area contributed by atoms with Gasteiger partial charge in [0.1, 0.15) is 6.04 Å². The predicted octanol–water partition coefficient (Wildman–Crippen LogP) is 2.51. The van der Waals surface area contributed by atoms with Crippen molar-refractivity contribution in [2.24, 2.45) is 0 Å². The summed E-state index contributed by atoms with van der Waals surface area (Å²) in [6.45, 7) is 2.50. The van der Waals surface area contributed by atoms with Gasteiger partial charge in [-0.2, -0.15) is 0 Å². The highest BCUT2D eigenvalue weighted by Crippen LogP contribution is 2.31. The summed E-state index contributed by atoms with van der Waals surface area (Å²) in [5.41, 5.74) is 0.368. The van der Waals surface area contributed by atoms with Crippen LogP contribution < -0.4 is 10.2 Å². The Balaban J connectivity index is 1.79. The topological polar surface area (TPSA) is 52.7 Å². The van der Waals surface area contributed by atoms with Crippen molar-refractivity contribution in [3.05, 3.63) is 28.2 Å². The second-order valence-corrected chi connectivity index (χ2v) is 6.12. The molecule has 1 N–H and O–H groups in total. The number of hydrogen-bond donors (Lipinski definition) is 1. The predicted molar refractivity (Wildman–Crippen MR) is 81.9 cm³/mol. The summed E-state index contributed by atoms with van der Waals surface area (Å²) in [6.07, 6.45) is 2.28. The van der Waals surface area contributed by atoms with Gasteiger partial charge in [-0.1, -0.05) is 23.2 Å². The van der Waals surface area contributed by atoms with Gasteiger partial charge in [-0.15, -0.1) is 0 Å². The molecule has 1 aromatic carbocycles. The molecule has 0 aliphatic carbocycles. The molecule has 0 aromatic heterocycles. The molecule has 2 fully saturated rings. The molecule has 2 aliphatic rings. The Morgan fingerprint density at radius 1 is 1.19 bits per heavy atom. The van der Waals surface area contributed by atoms with Crippen molar-refractivity contribution >= 4 is 40.8 Å². The molecule has 1 aromatic rings. The number of halogens is 2. The second kappa shape index (κ2) is 5.83. The number of hydrogen-bond acceptors (Lipinski definition) is 3. The van der Waals surface area contributed by atoms with E-state index >= 15 is 0 Å². The highest BCUT2D eigenvalue weighted by Gasteiger charge is 2.40. The number of nitrogens with one attached hydrogen (secondary N) is 1. The number of rotatable bonds is 3. The molecule has 21 heavy (non-hydrogen) atoms. The van der Waals surface area contributed by atoms with Gasteiger partial charge >= 0.3 is 6.03 Å². The summed E-state index contributed by atoms with van der Waals surface area (Å²) < 4.78 is 0. The van der Waals surface area contributed by atoms with Crippen molar-refractivity contribution in [3.8, 4) is 0 Å². The van der Waals surface area contributed by atoms with Crippen LogP contribution in [-0.4, -0.2) is 42.5 Å². The minimum atomic E-state index is -0.512. The molecule has 1 atom stereocenters. The van der Waals surface area contributed by atoms with E-state index in [2.05, 4.69) is 10.2 Å². The number of carbonyl (C=O) groups excluding carboxylic acids is 2. The van der Waals surface area contributed by atoms with Gasteiger partial charge in [0.15, 0.2) is 0 Å². The molecular weight excluding hydrogens is 313 g/mol. The smallest absolute Gasteiger partial charge is 0.324 e. The summed E-state index contributed by atoms with van der Waals surface area (Å²) >= 11 is 11.9. The lowest BCUT2D eigenvalue weighted by Crippen LogP contribution is -2.41. The van der Waals surface area contributed by atoms with E-state index in [-0.39, 0.29) is 10.9 Å². The van der Waals surface area contributed by atoms with Crippen molar-refractivity contribution < 1.29 is 9.59 Å². The first kappa shape index (κ1) is 14.6. The molecular formula is C14H15Cl2N3O2. The van der Waals surface area contributed by atoms with Crippen LogP contribution in [0.4, 0.5) is 10.5 Å². The van der Waals surface area contributed by atoms with Crippen molar-refractivity contribution in [1.29, 1.82) is 0 Å². The lowest BCUT2D eigenvalue weighted by Gasteiger charge is -2.18. The average molecular weight is 328 g/mol. The number of anilines is 1. The average Bonchev–Trinajstić information content (AvgIpc) is 3.02. The molecule has 2 heterocycles. The first-order chi connectivity index (χ1) is 10.1. The number of nitrogens with zero attached hydrogens (tertiary/aromatic N) is 2. The molecule has 3 amide bonds. The van der Waals surface area contributed by atoms with E-state index in [1.807, 2.05) is 0 Å². The minimum Gasteiger partial charge on any atom is -0.324 e. The highest BCUT2D eigenvalue weighted by molar-refractivity contribution is 6.38. The second-order valence-electron chi connectivity index (χ2n) is 5.28. The van der Waals surface area contributed by atoms with E-state index in [1.54, 1.807) is 12.1 Å². The van der Waals surface area contributed by atoms with Crippen LogP contribution in [0.1, 0.15) is 12.8 Å². The first-order valence-corrected chi connectivity index (χ1v) is 7.64. The molecule has 5 nitrogen and oxygen atoms in total. The van der Waals surface area contributed by atoms with Crippen LogP contribution in [0.2, 0.25) is 10.0 Å². The van der Waals surface area contributed by atoms with Crippen molar-refractivity contribution in [1.82, 2.24) is 10.2 Å². The summed E-state index contributed by atoms with van der Waals surface area (Å²) in [4.78, 5) is 27.8.